The number of hydrogen-bond donors (Lipinski definition) is 8. The van der Waals surface area contributed by atoms with Gasteiger partial charge in [0.25, 0.3) is 5.91 Å². The first-order chi connectivity index (χ1) is 14.2. The molecular formula is C20H31N3O8. The van der Waals surface area contributed by atoms with E-state index in [1.807, 2.05) is 0 Å². The van der Waals surface area contributed by atoms with Crippen molar-refractivity contribution < 1.29 is 39.9 Å². The molecule has 174 valence electrons. The number of carboxylic acids is 1. The molecule has 1 aromatic rings. The Labute approximate surface area is 179 Å². The number of carbonyl (C=O) groups is 3. The lowest BCUT2D eigenvalue weighted by molar-refractivity contribution is -0.338. The molecule has 0 saturated heterocycles. The molecule has 0 radical (unpaired) electrons. The Hall–Kier alpha value is -2.57. The van der Waals surface area contributed by atoms with Gasteiger partial charge >= 0.3 is 11.8 Å². The molecule has 1 unspecified atom stereocenters. The van der Waals surface area contributed by atoms with E-state index in [4.69, 9.17) is 10.8 Å². The molecule has 0 aliphatic heterocycles. The maximum Gasteiger partial charge on any atom is 0.303 e. The standard InChI is InChI=1S/C20H31N3O8/c1-11(2)16(21)17(26)22-12(3)10-19(28,29)20(30,31)18(27)23-14-7-5-4-6-13(14)8-9-15(24)25/h4-7,11-12,16,28-31H,8-10,21H2,1-3H3,(H,22,26)(H,23,27)(H,24,25)/t12?,16-/m0/s1. The first-order valence-corrected chi connectivity index (χ1v) is 9.75. The number of anilines is 1. The van der Waals surface area contributed by atoms with Crippen LogP contribution in [-0.4, -0.2) is 67.0 Å². The topological polar surface area (TPSA) is 202 Å². The van der Waals surface area contributed by atoms with Gasteiger partial charge in [-0.2, -0.15) is 0 Å². The third kappa shape index (κ3) is 7.26. The van der Waals surface area contributed by atoms with Crippen LogP contribution in [0.4, 0.5) is 5.69 Å². The van der Waals surface area contributed by atoms with Crippen LogP contribution >= 0.6 is 0 Å². The number of aliphatic carboxylic acids is 1. The molecular weight excluding hydrogens is 410 g/mol. The maximum atomic E-state index is 12.4. The minimum absolute atomic E-state index is 0.0538. The first-order valence-electron chi connectivity index (χ1n) is 9.75. The highest BCUT2D eigenvalue weighted by molar-refractivity contribution is 5.97. The Balaban J connectivity index is 2.90. The van der Waals surface area contributed by atoms with E-state index in [0.29, 0.717) is 5.56 Å². The smallest absolute Gasteiger partial charge is 0.303 e. The normalized spacial score (nSPS) is 14.1. The predicted molar refractivity (Wildman–Crippen MR) is 110 cm³/mol. The Morgan fingerprint density at radius 1 is 1.06 bits per heavy atom. The van der Waals surface area contributed by atoms with Crippen molar-refractivity contribution in [2.45, 2.75) is 63.7 Å². The van der Waals surface area contributed by atoms with Crippen LogP contribution in [0.3, 0.4) is 0 Å². The summed E-state index contributed by atoms with van der Waals surface area (Å²) in [5.74, 6) is -10.3. The quantitative estimate of drug-likeness (QED) is 0.196. The molecule has 1 rings (SSSR count). The average Bonchev–Trinajstić information content (AvgIpc) is 2.65. The van der Waals surface area contributed by atoms with E-state index in [0.717, 1.165) is 0 Å². The van der Waals surface area contributed by atoms with Crippen LogP contribution < -0.4 is 16.4 Å². The summed E-state index contributed by atoms with van der Waals surface area (Å²) >= 11 is 0. The highest BCUT2D eigenvalue weighted by Crippen LogP contribution is 2.26. The van der Waals surface area contributed by atoms with Gasteiger partial charge < -0.3 is 41.9 Å². The fourth-order valence-corrected chi connectivity index (χ4v) is 2.76. The van der Waals surface area contributed by atoms with Gasteiger partial charge in [0.1, 0.15) is 0 Å². The Morgan fingerprint density at radius 3 is 2.19 bits per heavy atom. The second kappa shape index (κ2) is 10.6. The zero-order valence-corrected chi connectivity index (χ0v) is 17.7. The van der Waals surface area contributed by atoms with Crippen LogP contribution in [0.2, 0.25) is 0 Å². The number of hydrogen-bond acceptors (Lipinski definition) is 8. The lowest BCUT2D eigenvalue weighted by Crippen LogP contribution is -2.63. The molecule has 0 fully saturated rings. The van der Waals surface area contributed by atoms with E-state index >= 15 is 0 Å². The van der Waals surface area contributed by atoms with Crippen molar-refractivity contribution in [2.75, 3.05) is 5.32 Å². The molecule has 11 heteroatoms. The molecule has 11 nitrogen and oxygen atoms in total. The second-order valence-electron chi connectivity index (χ2n) is 7.88. The van der Waals surface area contributed by atoms with Crippen molar-refractivity contribution >= 4 is 23.5 Å². The summed E-state index contributed by atoms with van der Waals surface area (Å²) in [7, 11) is 0. The van der Waals surface area contributed by atoms with Crippen molar-refractivity contribution in [3.8, 4) is 0 Å². The van der Waals surface area contributed by atoms with Crippen LogP contribution in [0.5, 0.6) is 0 Å². The number of amides is 2. The lowest BCUT2D eigenvalue weighted by Gasteiger charge is -2.35. The molecule has 31 heavy (non-hydrogen) atoms. The van der Waals surface area contributed by atoms with Crippen LogP contribution in [0.1, 0.15) is 39.2 Å². The summed E-state index contributed by atoms with van der Waals surface area (Å²) in [6.45, 7) is 4.83. The van der Waals surface area contributed by atoms with E-state index in [9.17, 15) is 34.8 Å². The van der Waals surface area contributed by atoms with Crippen molar-refractivity contribution in [2.24, 2.45) is 11.7 Å². The Bertz CT molecular complexity index is 794. The number of carbonyl (C=O) groups excluding carboxylic acids is 2. The number of benzene rings is 1. The molecule has 0 bridgehead atoms. The summed E-state index contributed by atoms with van der Waals surface area (Å²) in [6.07, 6.45) is -0.973. The van der Waals surface area contributed by atoms with Crippen molar-refractivity contribution in [3.63, 3.8) is 0 Å². The molecule has 2 amide bonds. The SMILES string of the molecule is CC(CC(O)(O)C(O)(O)C(=O)Nc1ccccc1CCC(=O)O)NC(=O)[C@@H](N)C(C)C. The van der Waals surface area contributed by atoms with Gasteiger partial charge in [-0.05, 0) is 30.9 Å². The van der Waals surface area contributed by atoms with Crippen LogP contribution in [0.25, 0.3) is 0 Å². The molecule has 0 spiro atoms. The summed E-state index contributed by atoms with van der Waals surface area (Å²) < 4.78 is 0. The third-order valence-electron chi connectivity index (χ3n) is 4.75. The van der Waals surface area contributed by atoms with Crippen LogP contribution in [0, 0.1) is 5.92 Å². The highest BCUT2D eigenvalue weighted by Gasteiger charge is 2.54. The van der Waals surface area contributed by atoms with Gasteiger partial charge in [0.2, 0.25) is 11.7 Å². The van der Waals surface area contributed by atoms with E-state index in [-0.39, 0.29) is 24.4 Å². The van der Waals surface area contributed by atoms with Gasteiger partial charge in [0.15, 0.2) is 0 Å². The first kappa shape index (κ1) is 26.5. The van der Waals surface area contributed by atoms with Gasteiger partial charge in [-0.25, -0.2) is 0 Å². The summed E-state index contributed by atoms with van der Waals surface area (Å²) in [6, 6.07) is 4.24. The fourth-order valence-electron chi connectivity index (χ4n) is 2.76. The van der Waals surface area contributed by atoms with Crippen molar-refractivity contribution in [1.29, 1.82) is 0 Å². The van der Waals surface area contributed by atoms with E-state index in [2.05, 4.69) is 10.6 Å². The van der Waals surface area contributed by atoms with E-state index < -0.39 is 47.9 Å². The highest BCUT2D eigenvalue weighted by atomic mass is 16.6. The summed E-state index contributed by atoms with van der Waals surface area (Å²) in [4.78, 5) is 35.2. The zero-order valence-electron chi connectivity index (χ0n) is 17.7. The number of carboxylic acid groups (broad SMARTS) is 1. The van der Waals surface area contributed by atoms with Gasteiger partial charge in [-0.1, -0.05) is 32.0 Å². The summed E-state index contributed by atoms with van der Waals surface area (Å²) in [5.41, 5.74) is 6.20. The number of rotatable bonds is 11. The minimum Gasteiger partial charge on any atom is -0.481 e. The number of nitrogens with two attached hydrogens (primary N) is 1. The Morgan fingerprint density at radius 2 is 1.65 bits per heavy atom. The second-order valence-corrected chi connectivity index (χ2v) is 7.88. The number of aryl methyl sites for hydroxylation is 1. The number of nitrogens with one attached hydrogen (secondary N) is 2. The van der Waals surface area contributed by atoms with Crippen molar-refractivity contribution in [1.82, 2.24) is 5.32 Å². The lowest BCUT2D eigenvalue weighted by atomic mass is 9.96. The van der Waals surface area contributed by atoms with E-state index in [1.165, 1.54) is 25.1 Å². The fraction of sp³-hybridized carbons (Fsp3) is 0.550. The van der Waals surface area contributed by atoms with Gasteiger partial charge in [0.05, 0.1) is 6.04 Å². The zero-order chi connectivity index (χ0) is 24.0. The molecule has 1 aromatic carbocycles. The van der Waals surface area contributed by atoms with Crippen LogP contribution in [0.15, 0.2) is 24.3 Å². The number of para-hydroxylation sites is 1. The molecule has 0 aromatic heterocycles. The third-order valence-corrected chi connectivity index (χ3v) is 4.75. The van der Waals surface area contributed by atoms with E-state index in [1.54, 1.807) is 19.9 Å². The predicted octanol–water partition coefficient (Wildman–Crippen LogP) is -1.12. The molecule has 0 heterocycles. The van der Waals surface area contributed by atoms with Crippen molar-refractivity contribution in [3.05, 3.63) is 29.8 Å². The van der Waals surface area contributed by atoms with Gasteiger partial charge in [-0.15, -0.1) is 0 Å². The Kier molecular flexibility index (Phi) is 9.09. The monoisotopic (exact) mass is 441 g/mol. The molecule has 0 saturated carbocycles. The largest absolute Gasteiger partial charge is 0.481 e. The molecule has 9 N–H and O–H groups in total. The van der Waals surface area contributed by atoms with Gasteiger partial charge in [0, 0.05) is 24.6 Å². The molecule has 0 aliphatic carbocycles. The maximum absolute atomic E-state index is 12.4. The average molecular weight is 441 g/mol. The minimum atomic E-state index is -3.65. The van der Waals surface area contributed by atoms with Gasteiger partial charge in [-0.3, -0.25) is 14.4 Å². The summed E-state index contributed by atoms with van der Waals surface area (Å²) in [5, 5.41) is 54.2. The molecule has 0 aliphatic rings. The molecule has 2 atom stereocenters. The number of aliphatic hydroxyl groups is 4. The van der Waals surface area contributed by atoms with Crippen LogP contribution in [-0.2, 0) is 20.8 Å².